The monoisotopic (exact) mass is 775 g/mol. The van der Waals surface area contributed by atoms with E-state index < -0.39 is 48.0 Å². The molecule has 57 heavy (non-hydrogen) atoms. The normalized spacial score (nSPS) is 12.2. The summed E-state index contributed by atoms with van der Waals surface area (Å²) in [7, 11) is 0. The molecule has 0 unspecified atom stereocenters. The van der Waals surface area contributed by atoms with Gasteiger partial charge in [-0.25, -0.2) is 14.0 Å². The zero-order valence-corrected chi connectivity index (χ0v) is 33.1. The van der Waals surface area contributed by atoms with E-state index in [-0.39, 0.29) is 32.0 Å². The van der Waals surface area contributed by atoms with Crippen molar-refractivity contribution in [3.8, 4) is 11.1 Å². The third kappa shape index (κ3) is 12.1. The van der Waals surface area contributed by atoms with E-state index in [9.17, 15) is 23.6 Å². The Balaban J connectivity index is 1.52. The Hall–Kier alpha value is -6.23. The number of nitrogens with one attached hydrogen (secondary N) is 1. The number of ether oxygens (including phenoxy) is 3. The highest BCUT2D eigenvalue weighted by atomic mass is 19.1. The van der Waals surface area contributed by atoms with Gasteiger partial charge in [-0.1, -0.05) is 118 Å². The first kappa shape index (κ1) is 41.9. The van der Waals surface area contributed by atoms with Crippen molar-refractivity contribution < 1.29 is 37.8 Å². The maximum Gasteiger partial charge on any atom is 0.408 e. The SMILES string of the molecule is CC(=O)OCC(=O)N(CC[C@H](NC(=O)OCc1ccccc1)C(=O)OCc1ccccc1)[C@@H](c1cc(-c2cc(F)ccc2C)cn1Cc1ccccc1)C(C)(C)C. The number of hydrogen-bond donors (Lipinski definition) is 1. The predicted molar refractivity (Wildman–Crippen MR) is 215 cm³/mol. The molecule has 4 aromatic carbocycles. The molecular formula is C46H50FN3O7. The Labute approximate surface area is 333 Å². The van der Waals surface area contributed by atoms with Crippen LogP contribution < -0.4 is 5.32 Å². The van der Waals surface area contributed by atoms with Gasteiger partial charge in [-0.05, 0) is 64.8 Å². The Morgan fingerprint density at radius 2 is 1.35 bits per heavy atom. The number of carbonyl (C=O) groups is 4. The number of aromatic nitrogens is 1. The van der Waals surface area contributed by atoms with Crippen molar-refractivity contribution in [3.05, 3.63) is 155 Å². The summed E-state index contributed by atoms with van der Waals surface area (Å²) < 4.78 is 33.1. The second-order valence-electron chi connectivity index (χ2n) is 15.0. The molecule has 1 aromatic heterocycles. The molecule has 0 saturated carbocycles. The molecule has 0 saturated heterocycles. The van der Waals surface area contributed by atoms with Gasteiger partial charge in [0.1, 0.15) is 25.1 Å². The van der Waals surface area contributed by atoms with Gasteiger partial charge in [0, 0.05) is 37.5 Å². The second kappa shape index (κ2) is 19.6. The van der Waals surface area contributed by atoms with Crippen LogP contribution in [-0.2, 0) is 48.4 Å². The van der Waals surface area contributed by atoms with Gasteiger partial charge >= 0.3 is 18.0 Å². The van der Waals surface area contributed by atoms with Gasteiger partial charge in [-0.3, -0.25) is 9.59 Å². The van der Waals surface area contributed by atoms with Gasteiger partial charge in [0.2, 0.25) is 0 Å². The van der Waals surface area contributed by atoms with E-state index in [0.717, 1.165) is 33.5 Å². The van der Waals surface area contributed by atoms with Crippen molar-refractivity contribution in [2.24, 2.45) is 5.41 Å². The molecule has 0 aliphatic heterocycles. The first-order valence-corrected chi connectivity index (χ1v) is 18.9. The summed E-state index contributed by atoms with van der Waals surface area (Å²) in [6.07, 6.45) is 1.05. The van der Waals surface area contributed by atoms with Crippen LogP contribution in [0.1, 0.15) is 68.1 Å². The van der Waals surface area contributed by atoms with Crippen molar-refractivity contribution >= 4 is 23.9 Å². The molecule has 2 amide bonds. The summed E-state index contributed by atoms with van der Waals surface area (Å²) in [6.45, 7) is 8.87. The third-order valence-corrected chi connectivity index (χ3v) is 9.44. The zero-order valence-electron chi connectivity index (χ0n) is 33.1. The van der Waals surface area contributed by atoms with Crippen LogP contribution in [0.3, 0.4) is 0 Å². The van der Waals surface area contributed by atoms with Crippen LogP contribution in [0.2, 0.25) is 0 Å². The molecule has 0 fully saturated rings. The standard InChI is InChI=1S/C46H50FN3O7/c1-32-21-22-38(47)26-39(32)37-25-41(49(28-37)27-34-15-9-6-10-16-34)43(46(3,4)5)50(42(52)31-55-33(2)51)24-23-40(44(53)56-29-35-17-11-7-12-18-35)48-45(54)57-30-36-19-13-8-14-20-36/h6-22,25-26,28,40,43H,23-24,27,29-31H2,1-5H3,(H,48,54)/t40-,43-/m0/s1. The van der Waals surface area contributed by atoms with Crippen molar-refractivity contribution in [1.29, 1.82) is 0 Å². The van der Waals surface area contributed by atoms with Gasteiger partial charge in [-0.15, -0.1) is 0 Å². The second-order valence-corrected chi connectivity index (χ2v) is 15.0. The summed E-state index contributed by atoms with van der Waals surface area (Å²) in [5, 5.41) is 2.67. The quantitative estimate of drug-likeness (QED) is 0.0789. The summed E-state index contributed by atoms with van der Waals surface area (Å²) in [4.78, 5) is 54.7. The lowest BCUT2D eigenvalue weighted by Gasteiger charge is -2.41. The fourth-order valence-electron chi connectivity index (χ4n) is 6.70. The minimum absolute atomic E-state index is 0.0247. The highest BCUT2D eigenvalue weighted by Gasteiger charge is 2.38. The summed E-state index contributed by atoms with van der Waals surface area (Å²) in [6, 6.07) is 32.8. The predicted octanol–water partition coefficient (Wildman–Crippen LogP) is 8.56. The fourth-order valence-corrected chi connectivity index (χ4v) is 6.70. The molecule has 5 rings (SSSR count). The Morgan fingerprint density at radius 1 is 0.772 bits per heavy atom. The maximum absolute atomic E-state index is 14.7. The first-order valence-electron chi connectivity index (χ1n) is 18.9. The van der Waals surface area contributed by atoms with E-state index in [0.29, 0.717) is 12.1 Å². The summed E-state index contributed by atoms with van der Waals surface area (Å²) in [5.74, 6) is -2.23. The molecule has 2 atom stereocenters. The Morgan fingerprint density at radius 3 is 1.93 bits per heavy atom. The van der Waals surface area contributed by atoms with Crippen molar-refractivity contribution in [1.82, 2.24) is 14.8 Å². The largest absolute Gasteiger partial charge is 0.459 e. The summed E-state index contributed by atoms with van der Waals surface area (Å²) in [5.41, 5.74) is 4.94. The molecule has 11 heteroatoms. The Bertz CT molecular complexity index is 2110. The van der Waals surface area contributed by atoms with Crippen molar-refractivity contribution in [2.75, 3.05) is 13.2 Å². The number of hydrogen-bond acceptors (Lipinski definition) is 7. The number of nitrogens with zero attached hydrogens (tertiary/aromatic N) is 2. The minimum atomic E-state index is -1.22. The Kier molecular flexibility index (Phi) is 14.4. The van der Waals surface area contributed by atoms with E-state index >= 15 is 0 Å². The lowest BCUT2D eigenvalue weighted by molar-refractivity contribution is -0.153. The molecule has 10 nitrogen and oxygen atoms in total. The van der Waals surface area contributed by atoms with Crippen LogP contribution in [0.15, 0.2) is 121 Å². The van der Waals surface area contributed by atoms with Crippen LogP contribution in [-0.4, -0.2) is 52.6 Å². The van der Waals surface area contributed by atoms with E-state index in [1.807, 2.05) is 136 Å². The van der Waals surface area contributed by atoms with Crippen LogP contribution in [0.4, 0.5) is 9.18 Å². The van der Waals surface area contributed by atoms with E-state index in [1.165, 1.54) is 19.1 Å². The molecule has 0 bridgehead atoms. The zero-order chi connectivity index (χ0) is 41.0. The lowest BCUT2D eigenvalue weighted by atomic mass is 9.82. The highest BCUT2D eigenvalue weighted by Crippen LogP contribution is 2.41. The number of amides is 2. The molecule has 1 heterocycles. The molecule has 5 aromatic rings. The highest BCUT2D eigenvalue weighted by molar-refractivity contribution is 5.82. The number of carbonyl (C=O) groups excluding carboxylic acids is 4. The minimum Gasteiger partial charge on any atom is -0.459 e. The van der Waals surface area contributed by atoms with Crippen molar-refractivity contribution in [3.63, 3.8) is 0 Å². The third-order valence-electron chi connectivity index (χ3n) is 9.44. The van der Waals surface area contributed by atoms with Crippen LogP contribution in [0.5, 0.6) is 0 Å². The molecule has 0 aliphatic rings. The molecule has 0 aliphatic carbocycles. The summed E-state index contributed by atoms with van der Waals surface area (Å²) >= 11 is 0. The van der Waals surface area contributed by atoms with Gasteiger partial charge in [0.25, 0.3) is 5.91 Å². The average Bonchev–Trinajstić information content (AvgIpc) is 3.59. The van der Waals surface area contributed by atoms with E-state index in [2.05, 4.69) is 5.32 Å². The molecule has 0 radical (unpaired) electrons. The molecule has 1 N–H and O–H groups in total. The van der Waals surface area contributed by atoms with E-state index in [1.54, 1.807) is 11.0 Å². The van der Waals surface area contributed by atoms with Crippen molar-refractivity contribution in [2.45, 2.75) is 72.9 Å². The fraction of sp³-hybridized carbons (Fsp3) is 0.304. The average molecular weight is 776 g/mol. The first-order chi connectivity index (χ1) is 27.3. The van der Waals surface area contributed by atoms with Crippen LogP contribution in [0.25, 0.3) is 11.1 Å². The molecule has 0 spiro atoms. The number of rotatable bonds is 16. The van der Waals surface area contributed by atoms with Crippen LogP contribution >= 0.6 is 0 Å². The van der Waals surface area contributed by atoms with Crippen LogP contribution in [0, 0.1) is 18.2 Å². The number of alkyl carbamates (subject to hydrolysis) is 1. The maximum atomic E-state index is 14.7. The molecular weight excluding hydrogens is 726 g/mol. The van der Waals surface area contributed by atoms with E-state index in [4.69, 9.17) is 14.2 Å². The van der Waals surface area contributed by atoms with Gasteiger partial charge in [0.15, 0.2) is 6.61 Å². The number of halogens is 1. The topological polar surface area (TPSA) is 116 Å². The molecule has 298 valence electrons. The van der Waals surface area contributed by atoms with Gasteiger partial charge in [0.05, 0.1) is 6.04 Å². The lowest BCUT2D eigenvalue weighted by Crippen LogP contribution is -2.48. The smallest absolute Gasteiger partial charge is 0.408 e. The number of aryl methyl sites for hydroxylation is 1. The number of esters is 2. The van der Waals surface area contributed by atoms with Gasteiger partial charge in [-0.2, -0.15) is 0 Å². The number of benzene rings is 4. The van der Waals surface area contributed by atoms with Gasteiger partial charge < -0.3 is 29.0 Å².